The lowest BCUT2D eigenvalue weighted by molar-refractivity contribution is -0.120. The normalized spacial score (nSPS) is 16.6. The lowest BCUT2D eigenvalue weighted by atomic mass is 9.97. The van der Waals surface area contributed by atoms with E-state index >= 15 is 0 Å². The molecule has 1 aliphatic heterocycles. The molecule has 4 heterocycles. The van der Waals surface area contributed by atoms with Gasteiger partial charge in [0, 0.05) is 18.5 Å². The van der Waals surface area contributed by atoms with Gasteiger partial charge in [-0.2, -0.15) is 5.10 Å². The van der Waals surface area contributed by atoms with Crippen molar-refractivity contribution in [2.75, 3.05) is 23.3 Å². The first-order valence-corrected chi connectivity index (χ1v) is 9.93. The summed E-state index contributed by atoms with van der Waals surface area (Å²) in [6.45, 7) is 1.35. The minimum atomic E-state index is -0.452. The minimum absolute atomic E-state index is 0.0623. The summed E-state index contributed by atoms with van der Waals surface area (Å²) in [6.07, 6.45) is 4.70. The van der Waals surface area contributed by atoms with Gasteiger partial charge < -0.3 is 16.0 Å². The number of rotatable bonds is 6. The molecule has 4 rings (SSSR count). The van der Waals surface area contributed by atoms with E-state index in [9.17, 15) is 9.59 Å². The van der Waals surface area contributed by atoms with E-state index in [1.165, 1.54) is 22.3 Å². The van der Waals surface area contributed by atoms with E-state index in [0.29, 0.717) is 29.0 Å². The third-order valence-corrected chi connectivity index (χ3v) is 5.35. The maximum Gasteiger partial charge on any atom is 0.231 e. The summed E-state index contributed by atoms with van der Waals surface area (Å²) >= 11 is 1.28. The predicted octanol–water partition coefficient (Wildman–Crippen LogP) is 0.397. The number of aromatic nitrogens is 6. The van der Waals surface area contributed by atoms with Crippen LogP contribution in [0.25, 0.3) is 5.82 Å². The Morgan fingerprint density at radius 3 is 2.83 bits per heavy atom. The summed E-state index contributed by atoms with van der Waals surface area (Å²) in [4.78, 5) is 33.8. The van der Waals surface area contributed by atoms with Crippen molar-refractivity contribution in [3.8, 4) is 5.82 Å². The van der Waals surface area contributed by atoms with Gasteiger partial charge in [-0.15, -0.1) is 21.5 Å². The van der Waals surface area contributed by atoms with Crippen LogP contribution in [0, 0.1) is 5.92 Å². The fourth-order valence-electron chi connectivity index (χ4n) is 3.17. The number of primary amides is 1. The maximum absolute atomic E-state index is 12.7. The molecule has 1 atom stereocenters. The Balaban J connectivity index is 1.38. The molecule has 0 aliphatic carbocycles. The molecule has 0 spiro atoms. The van der Waals surface area contributed by atoms with Crippen molar-refractivity contribution in [2.45, 2.75) is 19.3 Å². The number of anilines is 2. The van der Waals surface area contributed by atoms with Gasteiger partial charge in [0.15, 0.2) is 16.8 Å². The maximum atomic E-state index is 12.7. The molecule has 1 fully saturated rings. The molecule has 11 nitrogen and oxygen atoms in total. The molecule has 150 valence electrons. The van der Waals surface area contributed by atoms with Gasteiger partial charge in [-0.3, -0.25) is 9.59 Å². The molecule has 0 aromatic carbocycles. The first-order valence-electron chi connectivity index (χ1n) is 9.06. The summed E-state index contributed by atoms with van der Waals surface area (Å²) in [5.74, 6) is 0.551. The average Bonchev–Trinajstić information content (AvgIpc) is 3.40. The topological polar surface area (TPSA) is 145 Å². The van der Waals surface area contributed by atoms with Crippen LogP contribution in [0.15, 0.2) is 30.2 Å². The van der Waals surface area contributed by atoms with Crippen LogP contribution in [-0.2, 0) is 16.0 Å². The fraction of sp³-hybridized carbons (Fsp3) is 0.353. The number of hydrogen-bond donors (Lipinski definition) is 2. The molecule has 12 heteroatoms. The Bertz CT molecular complexity index is 987. The van der Waals surface area contributed by atoms with Crippen LogP contribution in [0.4, 0.5) is 10.9 Å². The van der Waals surface area contributed by atoms with Gasteiger partial charge >= 0.3 is 0 Å². The van der Waals surface area contributed by atoms with E-state index in [-0.39, 0.29) is 18.2 Å². The van der Waals surface area contributed by atoms with Gasteiger partial charge in [-0.1, -0.05) is 0 Å². The Hall–Kier alpha value is -3.41. The Kier molecular flexibility index (Phi) is 5.42. The van der Waals surface area contributed by atoms with Crippen LogP contribution < -0.4 is 16.0 Å². The van der Waals surface area contributed by atoms with Gasteiger partial charge in [-0.25, -0.2) is 14.6 Å². The van der Waals surface area contributed by atoms with Crippen molar-refractivity contribution in [3.63, 3.8) is 0 Å². The monoisotopic (exact) mass is 413 g/mol. The van der Waals surface area contributed by atoms with Crippen LogP contribution in [-0.4, -0.2) is 54.8 Å². The molecule has 1 saturated heterocycles. The first-order chi connectivity index (χ1) is 14.1. The van der Waals surface area contributed by atoms with Gasteiger partial charge in [-0.05, 0) is 25.0 Å². The van der Waals surface area contributed by atoms with Crippen LogP contribution in [0.1, 0.15) is 18.5 Å². The number of hydrogen-bond acceptors (Lipinski definition) is 9. The number of piperidine rings is 1. The highest BCUT2D eigenvalue weighted by molar-refractivity contribution is 7.13. The molecule has 3 N–H and O–H groups in total. The third-order valence-electron chi connectivity index (χ3n) is 4.54. The molecule has 3 aromatic heterocycles. The second-order valence-electron chi connectivity index (χ2n) is 6.65. The molecule has 0 radical (unpaired) electrons. The van der Waals surface area contributed by atoms with Crippen molar-refractivity contribution in [1.82, 2.24) is 29.9 Å². The second-order valence-corrected chi connectivity index (χ2v) is 7.51. The third kappa shape index (κ3) is 4.54. The molecule has 1 aliphatic rings. The summed E-state index contributed by atoms with van der Waals surface area (Å²) in [5.41, 5.74) is 5.73. The van der Waals surface area contributed by atoms with Crippen molar-refractivity contribution in [2.24, 2.45) is 11.7 Å². The number of carbonyl (C=O) groups is 2. The van der Waals surface area contributed by atoms with Gasteiger partial charge in [0.05, 0.1) is 18.0 Å². The second kappa shape index (κ2) is 8.31. The van der Waals surface area contributed by atoms with Crippen molar-refractivity contribution in [3.05, 3.63) is 35.9 Å². The lowest BCUT2D eigenvalue weighted by Gasteiger charge is -2.32. The molecule has 1 unspecified atom stereocenters. The Morgan fingerprint density at radius 1 is 1.28 bits per heavy atom. The number of amides is 2. The van der Waals surface area contributed by atoms with E-state index in [1.807, 2.05) is 17.0 Å². The Labute approximate surface area is 170 Å². The number of carbonyl (C=O) groups excluding carboxylic acids is 2. The fourth-order valence-corrected chi connectivity index (χ4v) is 3.88. The molecule has 3 aromatic rings. The minimum Gasteiger partial charge on any atom is -0.369 e. The molecule has 29 heavy (non-hydrogen) atoms. The highest BCUT2D eigenvalue weighted by Crippen LogP contribution is 2.24. The molecule has 0 bridgehead atoms. The zero-order valence-corrected chi connectivity index (χ0v) is 16.2. The van der Waals surface area contributed by atoms with E-state index in [4.69, 9.17) is 5.73 Å². The van der Waals surface area contributed by atoms with E-state index in [1.54, 1.807) is 11.7 Å². The quantitative estimate of drug-likeness (QED) is 0.590. The van der Waals surface area contributed by atoms with Crippen LogP contribution in [0.2, 0.25) is 0 Å². The van der Waals surface area contributed by atoms with Crippen molar-refractivity contribution in [1.29, 1.82) is 0 Å². The standard InChI is InChI=1S/C17H19N9O2S/c18-13(27)6-12-8-29-17(21-12)22-16(28)11-2-1-5-25(7-11)14-3-4-15(24-23-14)26-10-19-9-20-26/h3-4,8-11H,1-2,5-7H2,(H2,18,27)(H,21,22,28). The van der Waals surface area contributed by atoms with Crippen LogP contribution >= 0.6 is 11.3 Å². The number of nitrogens with two attached hydrogens (primary N) is 1. The lowest BCUT2D eigenvalue weighted by Crippen LogP contribution is -2.41. The van der Waals surface area contributed by atoms with E-state index in [0.717, 1.165) is 19.4 Å². The van der Waals surface area contributed by atoms with Gasteiger partial charge in [0.2, 0.25) is 11.8 Å². The molecule has 2 amide bonds. The number of nitrogens with zero attached hydrogens (tertiary/aromatic N) is 7. The predicted molar refractivity (Wildman–Crippen MR) is 106 cm³/mol. The number of thiazole rings is 1. The van der Waals surface area contributed by atoms with E-state index < -0.39 is 5.91 Å². The highest BCUT2D eigenvalue weighted by Gasteiger charge is 2.27. The van der Waals surface area contributed by atoms with Gasteiger partial charge in [0.25, 0.3) is 0 Å². The van der Waals surface area contributed by atoms with Gasteiger partial charge in [0.1, 0.15) is 12.7 Å². The van der Waals surface area contributed by atoms with Crippen LogP contribution in [0.5, 0.6) is 0 Å². The van der Waals surface area contributed by atoms with Crippen LogP contribution in [0.3, 0.4) is 0 Å². The first kappa shape index (κ1) is 18.9. The summed E-state index contributed by atoms with van der Waals surface area (Å²) in [5, 5.41) is 17.5. The Morgan fingerprint density at radius 2 is 2.10 bits per heavy atom. The molecule has 0 saturated carbocycles. The highest BCUT2D eigenvalue weighted by atomic mass is 32.1. The number of nitrogens with one attached hydrogen (secondary N) is 1. The van der Waals surface area contributed by atoms with Crippen molar-refractivity contribution >= 4 is 34.1 Å². The summed E-state index contributed by atoms with van der Waals surface area (Å²) < 4.78 is 1.53. The summed E-state index contributed by atoms with van der Waals surface area (Å²) in [6, 6.07) is 3.68. The van der Waals surface area contributed by atoms with E-state index in [2.05, 4.69) is 30.6 Å². The van der Waals surface area contributed by atoms with Crippen molar-refractivity contribution < 1.29 is 9.59 Å². The molecular formula is C17H19N9O2S. The SMILES string of the molecule is NC(=O)Cc1csc(NC(=O)C2CCCN(c3ccc(-n4cncn4)nn3)C2)n1. The summed E-state index contributed by atoms with van der Waals surface area (Å²) in [7, 11) is 0. The zero-order chi connectivity index (χ0) is 20.2. The smallest absolute Gasteiger partial charge is 0.231 e. The molecular weight excluding hydrogens is 394 g/mol. The largest absolute Gasteiger partial charge is 0.369 e. The zero-order valence-electron chi connectivity index (χ0n) is 15.4. The average molecular weight is 413 g/mol.